The van der Waals surface area contributed by atoms with Crippen LogP contribution in [0.3, 0.4) is 0 Å². The van der Waals surface area contributed by atoms with Crippen LogP contribution in [-0.4, -0.2) is 45.4 Å². The molecule has 0 amide bonds. The Morgan fingerprint density at radius 2 is 1.89 bits per heavy atom. The minimum absolute atomic E-state index is 0.288. The van der Waals surface area contributed by atoms with Crippen LogP contribution in [0, 0.1) is 5.82 Å². The number of aliphatic hydroxyl groups is 1. The van der Waals surface area contributed by atoms with E-state index in [1.165, 1.54) is 12.1 Å². The lowest BCUT2D eigenvalue weighted by Crippen LogP contribution is -2.38. The quantitative estimate of drug-likeness (QED) is 0.898. The van der Waals surface area contributed by atoms with Crippen LogP contribution in [0.1, 0.15) is 18.1 Å². The maximum Gasteiger partial charge on any atom is 0.123 e. The molecule has 0 aliphatic carbocycles. The number of rotatable bonds is 4. The van der Waals surface area contributed by atoms with Crippen molar-refractivity contribution in [2.75, 3.05) is 31.1 Å². The van der Waals surface area contributed by atoms with Crippen LogP contribution in [0.5, 0.6) is 0 Å². The minimum Gasteiger partial charge on any atom is -0.388 e. The zero-order valence-electron chi connectivity index (χ0n) is 10.2. The van der Waals surface area contributed by atoms with E-state index in [9.17, 15) is 13.7 Å². The van der Waals surface area contributed by atoms with E-state index in [-0.39, 0.29) is 5.82 Å². The molecule has 1 aromatic rings. The van der Waals surface area contributed by atoms with Gasteiger partial charge in [0.2, 0.25) is 0 Å². The molecule has 1 atom stereocenters. The Balaban J connectivity index is 1.79. The average Bonchev–Trinajstić information content (AvgIpc) is 2.38. The fourth-order valence-electron chi connectivity index (χ4n) is 2.06. The molecule has 0 saturated carbocycles. The van der Waals surface area contributed by atoms with E-state index in [1.54, 1.807) is 12.1 Å². The molecule has 1 fully saturated rings. The molecule has 1 aromatic carbocycles. The van der Waals surface area contributed by atoms with Crippen molar-refractivity contribution < 1.29 is 13.7 Å². The SMILES string of the molecule is O=S1CCN(CCC(O)c2ccc(F)cc2)CC1. The van der Waals surface area contributed by atoms with Gasteiger partial charge in [-0.05, 0) is 24.1 Å². The number of aliphatic hydroxyl groups excluding tert-OH is 1. The molecule has 1 saturated heterocycles. The molecule has 5 heteroatoms. The third-order valence-corrected chi connectivity index (χ3v) is 4.52. The van der Waals surface area contributed by atoms with Crippen LogP contribution in [-0.2, 0) is 10.8 Å². The van der Waals surface area contributed by atoms with Gasteiger partial charge in [0.05, 0.1) is 6.10 Å². The minimum atomic E-state index is -0.660. The van der Waals surface area contributed by atoms with Gasteiger partial charge in [-0.1, -0.05) is 12.1 Å². The second-order valence-corrected chi connectivity index (χ2v) is 6.24. The van der Waals surface area contributed by atoms with Crippen molar-refractivity contribution in [1.82, 2.24) is 4.90 Å². The number of nitrogens with zero attached hydrogens (tertiary/aromatic N) is 1. The van der Waals surface area contributed by atoms with E-state index in [2.05, 4.69) is 4.90 Å². The summed E-state index contributed by atoms with van der Waals surface area (Å²) in [5.41, 5.74) is 0.747. The highest BCUT2D eigenvalue weighted by Gasteiger charge is 2.16. The van der Waals surface area contributed by atoms with Crippen molar-refractivity contribution in [3.63, 3.8) is 0 Å². The van der Waals surface area contributed by atoms with Crippen LogP contribution in [0.2, 0.25) is 0 Å². The first-order chi connectivity index (χ1) is 8.65. The molecule has 2 rings (SSSR count). The number of benzene rings is 1. The predicted molar refractivity (Wildman–Crippen MR) is 70.3 cm³/mol. The van der Waals surface area contributed by atoms with Crippen molar-refractivity contribution in [3.05, 3.63) is 35.6 Å². The predicted octanol–water partition coefficient (Wildman–Crippen LogP) is 1.31. The molecule has 1 aliphatic heterocycles. The molecule has 1 aliphatic rings. The Morgan fingerprint density at radius 1 is 1.28 bits per heavy atom. The lowest BCUT2D eigenvalue weighted by Gasteiger charge is -2.26. The van der Waals surface area contributed by atoms with Gasteiger partial charge in [0.25, 0.3) is 0 Å². The highest BCUT2D eigenvalue weighted by Crippen LogP contribution is 2.17. The summed E-state index contributed by atoms with van der Waals surface area (Å²) >= 11 is 0. The van der Waals surface area contributed by atoms with E-state index in [0.29, 0.717) is 6.42 Å². The fraction of sp³-hybridized carbons (Fsp3) is 0.538. The first-order valence-electron chi connectivity index (χ1n) is 6.16. The van der Waals surface area contributed by atoms with Crippen molar-refractivity contribution in [2.45, 2.75) is 12.5 Å². The molecule has 0 radical (unpaired) electrons. The summed E-state index contributed by atoms with van der Waals surface area (Å²) in [5, 5.41) is 9.98. The third kappa shape index (κ3) is 3.86. The van der Waals surface area contributed by atoms with Gasteiger partial charge >= 0.3 is 0 Å². The second-order valence-electron chi connectivity index (χ2n) is 4.55. The fourth-order valence-corrected chi connectivity index (χ4v) is 3.18. The van der Waals surface area contributed by atoms with E-state index in [4.69, 9.17) is 0 Å². The topological polar surface area (TPSA) is 40.5 Å². The summed E-state index contributed by atoms with van der Waals surface area (Å²) in [7, 11) is -0.660. The first-order valence-corrected chi connectivity index (χ1v) is 7.65. The summed E-state index contributed by atoms with van der Waals surface area (Å²) in [6, 6.07) is 5.96. The molecule has 1 heterocycles. The normalized spacial score (nSPS) is 19.9. The smallest absolute Gasteiger partial charge is 0.123 e. The molecule has 0 aromatic heterocycles. The van der Waals surface area contributed by atoms with Crippen molar-refractivity contribution >= 4 is 10.8 Å². The Bertz CT molecular complexity index is 400. The highest BCUT2D eigenvalue weighted by atomic mass is 32.2. The van der Waals surface area contributed by atoms with Gasteiger partial charge in [0.1, 0.15) is 5.82 Å². The molecule has 0 spiro atoms. The van der Waals surface area contributed by atoms with Gasteiger partial charge in [-0.2, -0.15) is 0 Å². The van der Waals surface area contributed by atoms with Gasteiger partial charge in [0.15, 0.2) is 0 Å². The van der Waals surface area contributed by atoms with Crippen LogP contribution >= 0.6 is 0 Å². The van der Waals surface area contributed by atoms with Crippen molar-refractivity contribution in [3.8, 4) is 0 Å². The Kier molecular flexibility index (Phi) is 4.86. The molecule has 1 unspecified atom stereocenters. The third-order valence-electron chi connectivity index (χ3n) is 3.24. The van der Waals surface area contributed by atoms with Crippen LogP contribution in [0.4, 0.5) is 4.39 Å². The van der Waals surface area contributed by atoms with Gasteiger partial charge in [-0.25, -0.2) is 4.39 Å². The lowest BCUT2D eigenvalue weighted by molar-refractivity contribution is 0.145. The van der Waals surface area contributed by atoms with E-state index < -0.39 is 16.9 Å². The summed E-state index contributed by atoms with van der Waals surface area (Å²) in [5.74, 6) is 1.17. The monoisotopic (exact) mass is 271 g/mol. The van der Waals surface area contributed by atoms with Crippen LogP contribution in [0.15, 0.2) is 24.3 Å². The lowest BCUT2D eigenvalue weighted by atomic mass is 10.1. The second kappa shape index (κ2) is 6.41. The summed E-state index contributed by atoms with van der Waals surface area (Å²) in [4.78, 5) is 2.22. The number of hydrogen-bond donors (Lipinski definition) is 1. The van der Waals surface area contributed by atoms with E-state index >= 15 is 0 Å². The summed E-state index contributed by atoms with van der Waals surface area (Å²) in [6.07, 6.45) is 0.0659. The number of halogens is 1. The van der Waals surface area contributed by atoms with Crippen LogP contribution in [0.25, 0.3) is 0 Å². The van der Waals surface area contributed by atoms with E-state index in [0.717, 1.165) is 36.7 Å². The van der Waals surface area contributed by atoms with Gasteiger partial charge in [-0.15, -0.1) is 0 Å². The van der Waals surface area contributed by atoms with Crippen molar-refractivity contribution in [1.29, 1.82) is 0 Å². The van der Waals surface area contributed by atoms with Gasteiger partial charge < -0.3 is 10.0 Å². The standard InChI is InChI=1S/C13H18FNO2S/c14-12-3-1-11(2-4-12)13(16)5-6-15-7-9-18(17)10-8-15/h1-4,13,16H,5-10H2. The number of hydrogen-bond acceptors (Lipinski definition) is 3. The Labute approximate surface area is 109 Å². The van der Waals surface area contributed by atoms with Gasteiger partial charge in [0, 0.05) is 41.9 Å². The maximum atomic E-state index is 12.7. The Hall–Kier alpha value is -0.780. The molecule has 3 nitrogen and oxygen atoms in total. The maximum absolute atomic E-state index is 12.7. The molecule has 1 N–H and O–H groups in total. The summed E-state index contributed by atoms with van der Waals surface area (Å²) in [6.45, 7) is 2.46. The van der Waals surface area contributed by atoms with Crippen molar-refractivity contribution in [2.24, 2.45) is 0 Å². The zero-order valence-corrected chi connectivity index (χ0v) is 11.0. The zero-order chi connectivity index (χ0) is 13.0. The van der Waals surface area contributed by atoms with Gasteiger partial charge in [-0.3, -0.25) is 4.21 Å². The van der Waals surface area contributed by atoms with E-state index in [1.807, 2.05) is 0 Å². The largest absolute Gasteiger partial charge is 0.388 e. The first kappa shape index (κ1) is 13.6. The average molecular weight is 271 g/mol. The molecule has 100 valence electrons. The summed E-state index contributed by atoms with van der Waals surface area (Å²) < 4.78 is 23.9. The molecular weight excluding hydrogens is 253 g/mol. The molecular formula is C13H18FNO2S. The van der Waals surface area contributed by atoms with Crippen LogP contribution < -0.4 is 0 Å². The Morgan fingerprint density at radius 3 is 2.50 bits per heavy atom. The molecule has 18 heavy (non-hydrogen) atoms. The highest BCUT2D eigenvalue weighted by molar-refractivity contribution is 7.85. The molecule has 0 bridgehead atoms.